The van der Waals surface area contributed by atoms with E-state index in [4.69, 9.17) is 11.1 Å². The molecular weight excluding hydrogens is 237 g/mol. The summed E-state index contributed by atoms with van der Waals surface area (Å²) in [7, 11) is 0. The van der Waals surface area contributed by atoms with E-state index in [0.717, 1.165) is 0 Å². The van der Waals surface area contributed by atoms with Crippen LogP contribution in [0.15, 0.2) is 0 Å². The quantitative estimate of drug-likeness (QED) is 0.504. The van der Waals surface area contributed by atoms with E-state index in [1.165, 1.54) is 4.90 Å². The van der Waals surface area contributed by atoms with E-state index in [0.29, 0.717) is 25.9 Å². The first-order valence-corrected chi connectivity index (χ1v) is 5.23. The summed E-state index contributed by atoms with van der Waals surface area (Å²) < 4.78 is 35.6. The number of hydrogen-bond donors (Lipinski definition) is 3. The molecule has 0 aromatic rings. The Bertz CT molecular complexity index is 297. The van der Waals surface area contributed by atoms with E-state index in [9.17, 15) is 18.0 Å². The summed E-state index contributed by atoms with van der Waals surface area (Å²) in [4.78, 5) is 12.7. The summed E-state index contributed by atoms with van der Waals surface area (Å²) in [6.07, 6.45) is -3.35. The number of halogens is 3. The van der Waals surface area contributed by atoms with Crippen molar-refractivity contribution in [1.82, 2.24) is 10.2 Å². The van der Waals surface area contributed by atoms with Crippen molar-refractivity contribution in [3.63, 3.8) is 0 Å². The predicted molar refractivity (Wildman–Crippen MR) is 55.7 cm³/mol. The smallest absolute Gasteiger partial charge is 0.387 e. The number of amides is 2. The minimum atomic E-state index is -4.40. The highest BCUT2D eigenvalue weighted by molar-refractivity contribution is 5.80. The topological polar surface area (TPSA) is 82.2 Å². The van der Waals surface area contributed by atoms with E-state index in [-0.39, 0.29) is 11.8 Å². The summed E-state index contributed by atoms with van der Waals surface area (Å²) in [6, 6.07) is -0.718. The Balaban J connectivity index is 2.33. The molecule has 2 amide bonds. The van der Waals surface area contributed by atoms with E-state index < -0.39 is 18.8 Å². The minimum Gasteiger partial charge on any atom is -0.387 e. The molecule has 0 spiro atoms. The van der Waals surface area contributed by atoms with Crippen molar-refractivity contribution in [3.8, 4) is 0 Å². The molecule has 1 fully saturated rings. The average molecular weight is 252 g/mol. The van der Waals surface area contributed by atoms with Crippen molar-refractivity contribution in [2.75, 3.05) is 19.6 Å². The van der Waals surface area contributed by atoms with Gasteiger partial charge in [0.1, 0.15) is 6.54 Å². The summed E-state index contributed by atoms with van der Waals surface area (Å²) in [5, 5.41) is 9.05. The number of piperidine rings is 1. The van der Waals surface area contributed by atoms with Crippen LogP contribution in [0.4, 0.5) is 18.0 Å². The van der Waals surface area contributed by atoms with E-state index in [2.05, 4.69) is 0 Å². The predicted octanol–water partition coefficient (Wildman–Crippen LogP) is 0.906. The Hall–Kier alpha value is -1.47. The maximum absolute atomic E-state index is 11.9. The van der Waals surface area contributed by atoms with Gasteiger partial charge in [-0.05, 0) is 12.8 Å². The average Bonchev–Trinajstić information content (AvgIpc) is 2.25. The molecule has 1 heterocycles. The molecule has 0 aliphatic carbocycles. The van der Waals surface area contributed by atoms with Crippen LogP contribution in [-0.2, 0) is 0 Å². The molecule has 0 unspecified atom stereocenters. The summed E-state index contributed by atoms with van der Waals surface area (Å²) in [5.41, 5.74) is 5.32. The lowest BCUT2D eigenvalue weighted by Crippen LogP contribution is -2.48. The number of likely N-dealkylation sites (tertiary alicyclic amines) is 1. The molecule has 0 bridgehead atoms. The van der Waals surface area contributed by atoms with Crippen LogP contribution in [0.25, 0.3) is 0 Å². The number of rotatable bonds is 2. The third-order valence-corrected chi connectivity index (χ3v) is 2.66. The third-order valence-electron chi connectivity index (χ3n) is 2.66. The fourth-order valence-electron chi connectivity index (χ4n) is 1.68. The molecule has 1 saturated heterocycles. The first-order valence-electron chi connectivity index (χ1n) is 5.23. The lowest BCUT2D eigenvalue weighted by Gasteiger charge is -2.31. The second kappa shape index (κ2) is 5.24. The number of carbonyl (C=O) groups excluding carboxylic acids is 1. The van der Waals surface area contributed by atoms with Gasteiger partial charge in [0.25, 0.3) is 0 Å². The van der Waals surface area contributed by atoms with Crippen LogP contribution in [-0.4, -0.2) is 42.6 Å². The van der Waals surface area contributed by atoms with Crippen LogP contribution in [0.3, 0.4) is 0 Å². The second-order valence-electron chi connectivity index (χ2n) is 3.99. The summed E-state index contributed by atoms with van der Waals surface area (Å²) in [5.74, 6) is 0.00187. The van der Waals surface area contributed by atoms with Crippen molar-refractivity contribution < 1.29 is 18.0 Å². The van der Waals surface area contributed by atoms with Gasteiger partial charge in [-0.3, -0.25) is 5.41 Å². The van der Waals surface area contributed by atoms with Crippen LogP contribution >= 0.6 is 0 Å². The maximum atomic E-state index is 11.9. The zero-order valence-electron chi connectivity index (χ0n) is 9.18. The van der Waals surface area contributed by atoms with Gasteiger partial charge in [0.2, 0.25) is 0 Å². The number of nitrogens with zero attached hydrogens (tertiary/aromatic N) is 1. The Kier molecular flexibility index (Phi) is 4.19. The van der Waals surface area contributed by atoms with E-state index >= 15 is 0 Å². The van der Waals surface area contributed by atoms with Crippen molar-refractivity contribution in [1.29, 1.82) is 5.41 Å². The number of nitrogens with one attached hydrogen (secondary N) is 2. The van der Waals surface area contributed by atoms with Crippen LogP contribution in [0.1, 0.15) is 12.8 Å². The summed E-state index contributed by atoms with van der Waals surface area (Å²) in [6.45, 7) is -0.666. The molecule has 4 N–H and O–H groups in total. The van der Waals surface area contributed by atoms with Gasteiger partial charge in [0, 0.05) is 19.0 Å². The Morgan fingerprint density at radius 3 is 2.35 bits per heavy atom. The van der Waals surface area contributed by atoms with Crippen LogP contribution in [0.5, 0.6) is 0 Å². The molecule has 17 heavy (non-hydrogen) atoms. The van der Waals surface area contributed by atoms with Gasteiger partial charge in [-0.25, -0.2) is 4.79 Å². The first-order chi connectivity index (χ1) is 7.79. The van der Waals surface area contributed by atoms with Gasteiger partial charge >= 0.3 is 12.2 Å². The Morgan fingerprint density at radius 1 is 1.41 bits per heavy atom. The van der Waals surface area contributed by atoms with Crippen LogP contribution in [0, 0.1) is 11.3 Å². The SMILES string of the molecule is N=C(N)C1CCN(C(=O)NCC(F)(F)F)CC1. The molecule has 98 valence electrons. The molecule has 0 atom stereocenters. The molecular formula is C9H15F3N4O. The van der Waals surface area contributed by atoms with Crippen molar-refractivity contribution >= 4 is 11.9 Å². The number of hydrogen-bond acceptors (Lipinski definition) is 2. The largest absolute Gasteiger partial charge is 0.405 e. The first kappa shape index (κ1) is 13.6. The molecule has 1 aliphatic heterocycles. The van der Waals surface area contributed by atoms with Gasteiger partial charge in [-0.1, -0.05) is 0 Å². The van der Waals surface area contributed by atoms with Gasteiger partial charge < -0.3 is 16.0 Å². The Labute approximate surface area is 96.6 Å². The fraction of sp³-hybridized carbons (Fsp3) is 0.778. The van der Waals surface area contributed by atoms with Crippen molar-refractivity contribution in [2.45, 2.75) is 19.0 Å². The zero-order chi connectivity index (χ0) is 13.1. The third kappa shape index (κ3) is 4.49. The molecule has 0 aromatic heterocycles. The lowest BCUT2D eigenvalue weighted by molar-refractivity contribution is -0.123. The molecule has 1 aliphatic rings. The molecule has 0 saturated carbocycles. The van der Waals surface area contributed by atoms with Crippen molar-refractivity contribution in [3.05, 3.63) is 0 Å². The normalized spacial score (nSPS) is 17.9. The highest BCUT2D eigenvalue weighted by Crippen LogP contribution is 2.17. The molecule has 0 radical (unpaired) electrons. The molecule has 1 rings (SSSR count). The standard InChI is InChI=1S/C9H15F3N4O/c10-9(11,12)5-15-8(17)16-3-1-6(2-4-16)7(13)14/h6H,1-5H2,(H3,13,14)(H,15,17). The monoisotopic (exact) mass is 252 g/mol. The van der Waals surface area contributed by atoms with Crippen LogP contribution in [0.2, 0.25) is 0 Å². The van der Waals surface area contributed by atoms with Gasteiger partial charge in [0.05, 0.1) is 5.84 Å². The van der Waals surface area contributed by atoms with Crippen LogP contribution < -0.4 is 11.1 Å². The number of alkyl halides is 3. The summed E-state index contributed by atoms with van der Waals surface area (Å²) >= 11 is 0. The van der Waals surface area contributed by atoms with Gasteiger partial charge in [-0.2, -0.15) is 13.2 Å². The number of amidine groups is 1. The van der Waals surface area contributed by atoms with Crippen molar-refractivity contribution in [2.24, 2.45) is 11.7 Å². The number of carbonyl (C=O) groups is 1. The van der Waals surface area contributed by atoms with Gasteiger partial charge in [0.15, 0.2) is 0 Å². The molecule has 8 heteroatoms. The maximum Gasteiger partial charge on any atom is 0.405 e. The highest BCUT2D eigenvalue weighted by atomic mass is 19.4. The minimum absolute atomic E-state index is 0.0679. The number of nitrogens with two attached hydrogens (primary N) is 1. The Morgan fingerprint density at radius 2 is 1.94 bits per heavy atom. The fourth-order valence-corrected chi connectivity index (χ4v) is 1.68. The molecule has 0 aromatic carbocycles. The zero-order valence-corrected chi connectivity index (χ0v) is 9.18. The number of urea groups is 1. The van der Waals surface area contributed by atoms with E-state index in [1.807, 2.05) is 5.32 Å². The lowest BCUT2D eigenvalue weighted by atomic mass is 9.96. The highest BCUT2D eigenvalue weighted by Gasteiger charge is 2.30. The molecule has 5 nitrogen and oxygen atoms in total. The van der Waals surface area contributed by atoms with E-state index in [1.54, 1.807) is 0 Å². The van der Waals surface area contributed by atoms with Gasteiger partial charge in [-0.15, -0.1) is 0 Å². The second-order valence-corrected chi connectivity index (χ2v) is 3.99.